The van der Waals surface area contributed by atoms with Gasteiger partial charge >= 0.3 is 0 Å². The number of carbonyl (C=O) groups excluding carboxylic acids is 2. The minimum atomic E-state index is -0.379. The summed E-state index contributed by atoms with van der Waals surface area (Å²) in [6, 6.07) is -0.678. The Morgan fingerprint density at radius 3 is 2.67 bits per heavy atom. The summed E-state index contributed by atoms with van der Waals surface area (Å²) >= 11 is 5.67. The van der Waals surface area contributed by atoms with Crippen LogP contribution in [0.2, 0.25) is 0 Å². The van der Waals surface area contributed by atoms with Crippen molar-refractivity contribution in [3.05, 3.63) is 11.1 Å². The Kier molecular flexibility index (Phi) is 3.95. The van der Waals surface area contributed by atoms with Gasteiger partial charge in [0.05, 0.1) is 0 Å². The van der Waals surface area contributed by atoms with E-state index < -0.39 is 0 Å². The van der Waals surface area contributed by atoms with Gasteiger partial charge in [-0.2, -0.15) is 0 Å². The second-order valence-corrected chi connectivity index (χ2v) is 5.39. The van der Waals surface area contributed by atoms with Crippen LogP contribution in [0.1, 0.15) is 33.1 Å². The van der Waals surface area contributed by atoms with E-state index in [1.807, 2.05) is 13.8 Å². The number of carbonyl (C=O) groups is 2. The van der Waals surface area contributed by atoms with Gasteiger partial charge < -0.3 is 10.2 Å². The molecule has 1 N–H and O–H groups in total. The zero-order chi connectivity index (χ0) is 13.3. The van der Waals surface area contributed by atoms with Crippen LogP contribution in [0.25, 0.3) is 0 Å². The van der Waals surface area contributed by atoms with E-state index in [-0.39, 0.29) is 23.9 Å². The zero-order valence-electron chi connectivity index (χ0n) is 10.8. The van der Waals surface area contributed by atoms with Crippen molar-refractivity contribution in [1.29, 1.82) is 0 Å². The number of amides is 2. The predicted octanol–water partition coefficient (Wildman–Crippen LogP) is 1.64. The van der Waals surface area contributed by atoms with Gasteiger partial charge in [-0.1, -0.05) is 18.5 Å². The highest BCUT2D eigenvalue weighted by molar-refractivity contribution is 6.25. The standard InChI is InChI=1S/C13H19ClN2O2/c1-3-10-13(18)16(7-8(2)6-14)11(9-4-5-9)12(17)15-10/h6,9-11H,3-5,7H2,1-2H3,(H,15,17). The maximum atomic E-state index is 12.3. The minimum absolute atomic E-state index is 0.00803. The van der Waals surface area contributed by atoms with Gasteiger partial charge in [-0.15, -0.1) is 0 Å². The van der Waals surface area contributed by atoms with Gasteiger partial charge in [0.15, 0.2) is 0 Å². The van der Waals surface area contributed by atoms with Gasteiger partial charge in [0.2, 0.25) is 11.8 Å². The summed E-state index contributed by atoms with van der Waals surface area (Å²) in [5, 5.41) is 2.83. The van der Waals surface area contributed by atoms with Crippen molar-refractivity contribution in [1.82, 2.24) is 10.2 Å². The van der Waals surface area contributed by atoms with Crippen molar-refractivity contribution in [3.63, 3.8) is 0 Å². The summed E-state index contributed by atoms with van der Waals surface area (Å²) < 4.78 is 0. The molecule has 1 heterocycles. The Hall–Kier alpha value is -1.03. The van der Waals surface area contributed by atoms with Crippen LogP contribution in [-0.4, -0.2) is 35.3 Å². The first-order valence-electron chi connectivity index (χ1n) is 6.45. The lowest BCUT2D eigenvalue weighted by Gasteiger charge is -2.39. The maximum Gasteiger partial charge on any atom is 0.246 e. The quantitative estimate of drug-likeness (QED) is 0.844. The molecular weight excluding hydrogens is 252 g/mol. The van der Waals surface area contributed by atoms with Crippen molar-refractivity contribution in [2.75, 3.05) is 6.54 Å². The first-order valence-corrected chi connectivity index (χ1v) is 6.88. The zero-order valence-corrected chi connectivity index (χ0v) is 11.5. The molecule has 0 spiro atoms. The molecule has 2 fully saturated rings. The molecule has 0 aromatic rings. The van der Waals surface area contributed by atoms with E-state index in [4.69, 9.17) is 11.6 Å². The molecule has 18 heavy (non-hydrogen) atoms. The topological polar surface area (TPSA) is 49.4 Å². The van der Waals surface area contributed by atoms with E-state index in [9.17, 15) is 9.59 Å². The Balaban J connectivity index is 2.21. The molecule has 1 aliphatic heterocycles. The predicted molar refractivity (Wildman–Crippen MR) is 70.1 cm³/mol. The van der Waals surface area contributed by atoms with Crippen LogP contribution in [-0.2, 0) is 9.59 Å². The second kappa shape index (κ2) is 5.31. The summed E-state index contributed by atoms with van der Waals surface area (Å²) in [5.41, 5.74) is 2.38. The van der Waals surface area contributed by atoms with Crippen molar-refractivity contribution < 1.29 is 9.59 Å². The molecule has 1 saturated carbocycles. The molecule has 5 heteroatoms. The average molecular weight is 271 g/mol. The SMILES string of the molecule is CCC1NC(=O)C(C2CC2)N(CC(C)=CCl)C1=O. The Morgan fingerprint density at radius 2 is 2.17 bits per heavy atom. The third kappa shape index (κ3) is 2.53. The summed E-state index contributed by atoms with van der Waals surface area (Å²) in [5.74, 6) is 0.341. The third-order valence-corrected chi connectivity index (χ3v) is 3.96. The number of piperazine rings is 1. The third-order valence-electron chi connectivity index (χ3n) is 3.58. The van der Waals surface area contributed by atoms with Crippen LogP contribution < -0.4 is 5.32 Å². The van der Waals surface area contributed by atoms with E-state index in [0.29, 0.717) is 18.9 Å². The van der Waals surface area contributed by atoms with E-state index >= 15 is 0 Å². The summed E-state index contributed by atoms with van der Waals surface area (Å²) in [6.45, 7) is 4.23. The largest absolute Gasteiger partial charge is 0.343 e. The van der Waals surface area contributed by atoms with Crippen LogP contribution in [0.3, 0.4) is 0 Å². The molecule has 4 nitrogen and oxygen atoms in total. The highest BCUT2D eigenvalue weighted by atomic mass is 35.5. The number of halogens is 1. The second-order valence-electron chi connectivity index (χ2n) is 5.17. The lowest BCUT2D eigenvalue weighted by molar-refractivity contribution is -0.149. The molecule has 2 amide bonds. The Bertz CT molecular complexity index is 390. The molecular formula is C13H19ClN2O2. The highest BCUT2D eigenvalue weighted by Crippen LogP contribution is 2.37. The van der Waals surface area contributed by atoms with Gasteiger partial charge in [0.1, 0.15) is 12.1 Å². The number of nitrogens with zero attached hydrogens (tertiary/aromatic N) is 1. The van der Waals surface area contributed by atoms with Crippen LogP contribution in [0.4, 0.5) is 0 Å². The fourth-order valence-electron chi connectivity index (χ4n) is 2.43. The number of nitrogens with one attached hydrogen (secondary N) is 1. The lowest BCUT2D eigenvalue weighted by atomic mass is 10.0. The fraction of sp³-hybridized carbons (Fsp3) is 0.692. The van der Waals surface area contributed by atoms with E-state index in [0.717, 1.165) is 18.4 Å². The molecule has 0 radical (unpaired) electrons. The molecule has 2 rings (SSSR count). The number of hydrogen-bond acceptors (Lipinski definition) is 2. The molecule has 2 atom stereocenters. The summed E-state index contributed by atoms with van der Waals surface area (Å²) in [7, 11) is 0. The molecule has 1 aliphatic carbocycles. The average Bonchev–Trinajstić information content (AvgIpc) is 3.17. The molecule has 2 aliphatic rings. The lowest BCUT2D eigenvalue weighted by Crippen LogP contribution is -2.64. The van der Waals surface area contributed by atoms with Crippen molar-refractivity contribution in [3.8, 4) is 0 Å². The Labute approximate surface area is 112 Å². The first-order chi connectivity index (χ1) is 8.58. The van der Waals surface area contributed by atoms with Crippen LogP contribution in [0, 0.1) is 5.92 Å². The highest BCUT2D eigenvalue weighted by Gasteiger charge is 2.47. The van der Waals surface area contributed by atoms with Crippen molar-refractivity contribution >= 4 is 23.4 Å². The van der Waals surface area contributed by atoms with Crippen LogP contribution in [0.15, 0.2) is 11.1 Å². The van der Waals surface area contributed by atoms with E-state index in [1.165, 1.54) is 5.54 Å². The normalized spacial score (nSPS) is 29.5. The fourth-order valence-corrected chi connectivity index (χ4v) is 2.50. The monoisotopic (exact) mass is 270 g/mol. The molecule has 100 valence electrons. The van der Waals surface area contributed by atoms with Crippen molar-refractivity contribution in [2.45, 2.75) is 45.2 Å². The molecule has 2 unspecified atom stereocenters. The molecule has 0 aromatic heterocycles. The number of hydrogen-bond donors (Lipinski definition) is 1. The number of rotatable bonds is 4. The van der Waals surface area contributed by atoms with Gasteiger partial charge in [-0.05, 0) is 37.7 Å². The molecule has 0 bridgehead atoms. The van der Waals surface area contributed by atoms with Crippen LogP contribution >= 0.6 is 11.6 Å². The van der Waals surface area contributed by atoms with Crippen molar-refractivity contribution in [2.24, 2.45) is 5.92 Å². The minimum Gasteiger partial charge on any atom is -0.343 e. The van der Waals surface area contributed by atoms with Crippen LogP contribution in [0.5, 0.6) is 0 Å². The van der Waals surface area contributed by atoms with E-state index in [1.54, 1.807) is 4.90 Å². The maximum absolute atomic E-state index is 12.3. The molecule has 0 aromatic carbocycles. The first kappa shape index (κ1) is 13.4. The molecule has 1 saturated heterocycles. The van der Waals surface area contributed by atoms with Gasteiger partial charge in [-0.25, -0.2) is 0 Å². The van der Waals surface area contributed by atoms with Gasteiger partial charge in [0.25, 0.3) is 0 Å². The Morgan fingerprint density at radius 1 is 1.50 bits per heavy atom. The summed E-state index contributed by atoms with van der Waals surface area (Å²) in [6.07, 6.45) is 2.69. The van der Waals surface area contributed by atoms with E-state index in [2.05, 4.69) is 5.32 Å². The summed E-state index contributed by atoms with van der Waals surface area (Å²) in [4.78, 5) is 26.2. The van der Waals surface area contributed by atoms with Gasteiger partial charge in [-0.3, -0.25) is 9.59 Å². The smallest absolute Gasteiger partial charge is 0.246 e. The van der Waals surface area contributed by atoms with Gasteiger partial charge in [0, 0.05) is 12.1 Å².